The molecule has 0 spiro atoms. The van der Waals surface area contributed by atoms with Crippen LogP contribution >= 0.6 is 11.3 Å². The molecule has 1 aliphatic carbocycles. The van der Waals surface area contributed by atoms with Gasteiger partial charge in [-0.3, -0.25) is 9.59 Å². The van der Waals surface area contributed by atoms with Gasteiger partial charge in [0.2, 0.25) is 5.91 Å². The Bertz CT molecular complexity index is 1770. The number of anilines is 1. The second kappa shape index (κ2) is 12.1. The zero-order chi connectivity index (χ0) is 30.0. The summed E-state index contributed by atoms with van der Waals surface area (Å²) < 4.78 is 7.38. The molecule has 0 aliphatic heterocycles. The predicted octanol–water partition coefficient (Wildman–Crippen LogP) is 7.77. The number of nitrogens with zero attached hydrogens (tertiary/aromatic N) is 2. The van der Waals surface area contributed by atoms with Crippen LogP contribution in [0.3, 0.4) is 0 Å². The molecular formula is C35H36N4O3S. The molecule has 43 heavy (non-hydrogen) atoms. The van der Waals surface area contributed by atoms with E-state index in [4.69, 9.17) is 9.41 Å². The number of hydrogen-bond acceptors (Lipinski definition) is 5. The third kappa shape index (κ3) is 6.34. The second-order valence-electron chi connectivity index (χ2n) is 12.2. The van der Waals surface area contributed by atoms with Crippen molar-refractivity contribution in [2.45, 2.75) is 53.1 Å². The largest absolute Gasteiger partial charge is 0.467 e. The summed E-state index contributed by atoms with van der Waals surface area (Å²) in [6, 6.07) is 21.1. The summed E-state index contributed by atoms with van der Waals surface area (Å²) in [5, 5.41) is 7.72. The van der Waals surface area contributed by atoms with Crippen LogP contribution in [-0.4, -0.2) is 22.6 Å². The van der Waals surface area contributed by atoms with Gasteiger partial charge in [0.25, 0.3) is 5.91 Å². The Morgan fingerprint density at radius 3 is 2.63 bits per heavy atom. The van der Waals surface area contributed by atoms with Crippen LogP contribution in [0.1, 0.15) is 59.3 Å². The number of amides is 2. The molecule has 220 valence electrons. The van der Waals surface area contributed by atoms with E-state index in [1.165, 1.54) is 4.88 Å². The zero-order valence-electron chi connectivity index (χ0n) is 24.7. The maximum Gasteiger partial charge on any atom is 0.255 e. The van der Waals surface area contributed by atoms with E-state index in [1.54, 1.807) is 17.6 Å². The average molecular weight is 593 g/mol. The summed E-state index contributed by atoms with van der Waals surface area (Å²) in [4.78, 5) is 32.7. The highest BCUT2D eigenvalue weighted by atomic mass is 32.1. The molecule has 0 bridgehead atoms. The Morgan fingerprint density at radius 1 is 1.07 bits per heavy atom. The van der Waals surface area contributed by atoms with Gasteiger partial charge >= 0.3 is 0 Å². The van der Waals surface area contributed by atoms with Gasteiger partial charge in [0.15, 0.2) is 0 Å². The smallest absolute Gasteiger partial charge is 0.255 e. The predicted molar refractivity (Wildman–Crippen MR) is 173 cm³/mol. The standard InChI is InChI=1S/C35H36N4O3S/c1-35(2,3)24-15-16-28-30(18-24)43-34(32(28)33(41)36-20-26-12-9-17-42-26)37-19-23-21-39(29-14-8-7-13-27(23)29)22-31(40)38-25-10-5-4-6-11-25/h4-14,17,19,21,24H,15-16,18,20,22H2,1-3H3,(H,36,41)(H,38,40)/t24-/m1/s1. The Balaban J connectivity index is 1.30. The fraction of sp³-hybridized carbons (Fsp3) is 0.286. The molecule has 0 fully saturated rings. The lowest BCUT2D eigenvalue weighted by molar-refractivity contribution is -0.116. The maximum absolute atomic E-state index is 13.6. The molecule has 6 rings (SSSR count). The van der Waals surface area contributed by atoms with Gasteiger partial charge in [0.05, 0.1) is 18.4 Å². The number of fused-ring (bicyclic) bond motifs is 2. The minimum absolute atomic E-state index is 0.106. The molecule has 1 atom stereocenters. The van der Waals surface area contributed by atoms with Crippen LogP contribution in [0.15, 0.2) is 88.6 Å². The molecule has 0 radical (unpaired) electrons. The van der Waals surface area contributed by atoms with Crippen molar-refractivity contribution in [3.63, 3.8) is 0 Å². The summed E-state index contributed by atoms with van der Waals surface area (Å²) in [6.45, 7) is 7.38. The molecular weight excluding hydrogens is 556 g/mol. The highest BCUT2D eigenvalue weighted by Gasteiger charge is 2.33. The minimum Gasteiger partial charge on any atom is -0.467 e. The number of carbonyl (C=O) groups excluding carboxylic acids is 2. The number of thiophene rings is 1. The lowest BCUT2D eigenvalue weighted by atomic mass is 9.72. The molecule has 3 aromatic heterocycles. The summed E-state index contributed by atoms with van der Waals surface area (Å²) >= 11 is 1.62. The molecule has 0 saturated heterocycles. The lowest BCUT2D eigenvalue weighted by Gasteiger charge is -2.33. The molecule has 5 aromatic rings. The van der Waals surface area contributed by atoms with Gasteiger partial charge in [0.1, 0.15) is 17.3 Å². The fourth-order valence-electron chi connectivity index (χ4n) is 5.82. The topological polar surface area (TPSA) is 88.6 Å². The molecule has 2 aromatic carbocycles. The zero-order valence-corrected chi connectivity index (χ0v) is 25.5. The van der Waals surface area contributed by atoms with Crippen molar-refractivity contribution in [2.75, 3.05) is 5.32 Å². The summed E-state index contributed by atoms with van der Waals surface area (Å²) in [7, 11) is 0. The van der Waals surface area contributed by atoms with Gasteiger partial charge in [-0.15, -0.1) is 11.3 Å². The van der Waals surface area contributed by atoms with Crippen LogP contribution in [-0.2, 0) is 30.7 Å². The van der Waals surface area contributed by atoms with Crippen molar-refractivity contribution >= 4 is 51.0 Å². The SMILES string of the molecule is CC(C)(C)[C@@H]1CCc2c(sc(N=Cc3cn(CC(=O)Nc4ccccc4)c4ccccc34)c2C(=O)NCc2ccco2)C1. The number of rotatable bonds is 8. The van der Waals surface area contributed by atoms with Gasteiger partial charge in [-0.05, 0) is 66.5 Å². The molecule has 7 nitrogen and oxygen atoms in total. The van der Waals surface area contributed by atoms with E-state index in [0.717, 1.165) is 52.0 Å². The van der Waals surface area contributed by atoms with Gasteiger partial charge < -0.3 is 19.6 Å². The highest BCUT2D eigenvalue weighted by molar-refractivity contribution is 7.16. The third-order valence-corrected chi connectivity index (χ3v) is 9.38. The van der Waals surface area contributed by atoms with Crippen molar-refractivity contribution in [1.29, 1.82) is 0 Å². The Hall–Kier alpha value is -4.43. The van der Waals surface area contributed by atoms with E-state index in [0.29, 0.717) is 23.8 Å². The van der Waals surface area contributed by atoms with E-state index >= 15 is 0 Å². The van der Waals surface area contributed by atoms with Gasteiger partial charge in [0, 0.05) is 39.4 Å². The number of nitrogens with one attached hydrogen (secondary N) is 2. The number of carbonyl (C=O) groups is 2. The van der Waals surface area contributed by atoms with Crippen LogP contribution in [0.5, 0.6) is 0 Å². The van der Waals surface area contributed by atoms with Gasteiger partial charge in [-0.1, -0.05) is 57.2 Å². The van der Waals surface area contributed by atoms with Crippen molar-refractivity contribution in [1.82, 2.24) is 9.88 Å². The van der Waals surface area contributed by atoms with Crippen LogP contribution in [0.4, 0.5) is 10.7 Å². The third-order valence-electron chi connectivity index (χ3n) is 8.21. The maximum atomic E-state index is 13.6. The number of furan rings is 1. The monoisotopic (exact) mass is 592 g/mol. The van der Waals surface area contributed by atoms with Crippen molar-refractivity contribution in [3.8, 4) is 0 Å². The van der Waals surface area contributed by atoms with E-state index in [2.05, 4.69) is 31.4 Å². The molecule has 0 saturated carbocycles. The fourth-order valence-corrected chi connectivity index (χ4v) is 7.09. The van der Waals surface area contributed by atoms with Crippen molar-refractivity contribution < 1.29 is 14.0 Å². The molecule has 2 N–H and O–H groups in total. The summed E-state index contributed by atoms with van der Waals surface area (Å²) in [6.07, 6.45) is 8.26. The summed E-state index contributed by atoms with van der Waals surface area (Å²) in [5.74, 6) is 1.02. The highest BCUT2D eigenvalue weighted by Crippen LogP contribution is 2.45. The Morgan fingerprint density at radius 2 is 1.86 bits per heavy atom. The summed E-state index contributed by atoms with van der Waals surface area (Å²) in [5.41, 5.74) is 4.59. The Kier molecular flexibility index (Phi) is 8.04. The Labute approximate surface area is 255 Å². The van der Waals surface area contributed by atoms with Crippen LogP contribution in [0, 0.1) is 11.3 Å². The normalized spacial score (nSPS) is 15.1. The van der Waals surface area contributed by atoms with Crippen LogP contribution in [0.25, 0.3) is 10.9 Å². The van der Waals surface area contributed by atoms with Gasteiger partial charge in [-0.25, -0.2) is 4.99 Å². The molecule has 3 heterocycles. The number of hydrogen-bond donors (Lipinski definition) is 2. The van der Waals surface area contributed by atoms with Gasteiger partial charge in [-0.2, -0.15) is 0 Å². The number of aliphatic imine (C=N–C) groups is 1. The van der Waals surface area contributed by atoms with E-state index < -0.39 is 0 Å². The van der Waals surface area contributed by atoms with Crippen molar-refractivity contribution in [3.05, 3.63) is 107 Å². The van der Waals surface area contributed by atoms with Crippen LogP contribution in [0.2, 0.25) is 0 Å². The second-order valence-corrected chi connectivity index (χ2v) is 13.2. The first-order chi connectivity index (χ1) is 20.8. The molecule has 2 amide bonds. The molecule has 1 aliphatic rings. The average Bonchev–Trinajstić information content (AvgIpc) is 3.72. The first-order valence-corrected chi connectivity index (χ1v) is 15.5. The number of aromatic nitrogens is 1. The molecule has 0 unspecified atom stereocenters. The van der Waals surface area contributed by atoms with Crippen LogP contribution < -0.4 is 10.6 Å². The van der Waals surface area contributed by atoms with E-state index in [1.807, 2.05) is 83.7 Å². The van der Waals surface area contributed by atoms with E-state index in [9.17, 15) is 9.59 Å². The number of para-hydroxylation sites is 2. The molecule has 8 heteroatoms. The first-order valence-electron chi connectivity index (χ1n) is 14.7. The minimum atomic E-state index is -0.129. The lowest BCUT2D eigenvalue weighted by Crippen LogP contribution is -2.28. The van der Waals surface area contributed by atoms with E-state index in [-0.39, 0.29) is 23.8 Å². The van der Waals surface area contributed by atoms with Crippen molar-refractivity contribution in [2.24, 2.45) is 16.3 Å². The first kappa shape index (κ1) is 28.7. The quantitative estimate of drug-likeness (QED) is 0.181. The number of benzene rings is 2.